The number of carbonyl (C=O) groups is 2. The van der Waals surface area contributed by atoms with Gasteiger partial charge < -0.3 is 15.3 Å². The summed E-state index contributed by atoms with van der Waals surface area (Å²) in [6.45, 7) is 0.232. The van der Waals surface area contributed by atoms with E-state index in [2.05, 4.69) is 11.2 Å². The molecule has 1 aliphatic rings. The molecule has 0 atom stereocenters. The zero-order chi connectivity index (χ0) is 14.1. The molecule has 1 aliphatic carbocycles. The number of carboxylic acid groups (broad SMARTS) is 1. The Morgan fingerprint density at radius 1 is 1.37 bits per heavy atom. The highest BCUT2D eigenvalue weighted by molar-refractivity contribution is 5.80. The minimum atomic E-state index is -1.06. The molecule has 0 bridgehead atoms. The van der Waals surface area contributed by atoms with E-state index >= 15 is 0 Å². The minimum absolute atomic E-state index is 0.0146. The fraction of sp³-hybridized carbons (Fsp3) is 0.714. The van der Waals surface area contributed by atoms with E-state index < -0.39 is 12.0 Å². The number of hydrogen-bond acceptors (Lipinski definition) is 2. The van der Waals surface area contributed by atoms with Gasteiger partial charge in [0, 0.05) is 6.54 Å². The van der Waals surface area contributed by atoms with Crippen LogP contribution in [0.1, 0.15) is 38.5 Å². The SMILES string of the molecule is C#CCN(CC(=O)O)C(=O)NCCCC1CCCC1. The van der Waals surface area contributed by atoms with E-state index in [9.17, 15) is 9.59 Å². The summed E-state index contributed by atoms with van der Waals surface area (Å²) in [6.07, 6.45) is 12.4. The Balaban J connectivity index is 2.19. The Bertz CT molecular complexity index is 343. The number of rotatable bonds is 7. The Morgan fingerprint density at radius 3 is 2.63 bits per heavy atom. The first kappa shape index (κ1) is 15.4. The van der Waals surface area contributed by atoms with Crippen LogP contribution in [0.2, 0.25) is 0 Å². The summed E-state index contributed by atoms with van der Waals surface area (Å²) >= 11 is 0. The molecule has 0 aliphatic heterocycles. The normalized spacial score (nSPS) is 14.9. The van der Waals surface area contributed by atoms with Crippen molar-refractivity contribution in [2.75, 3.05) is 19.6 Å². The van der Waals surface area contributed by atoms with E-state index in [4.69, 9.17) is 11.5 Å². The molecule has 5 nitrogen and oxygen atoms in total. The predicted octanol–water partition coefficient (Wildman–Crippen LogP) is 1.69. The third-order valence-corrected chi connectivity index (χ3v) is 3.44. The number of aliphatic carboxylic acids is 1. The molecule has 0 radical (unpaired) electrons. The first-order chi connectivity index (χ1) is 9.13. The quantitative estimate of drug-likeness (QED) is 0.544. The lowest BCUT2D eigenvalue weighted by molar-refractivity contribution is -0.137. The smallest absolute Gasteiger partial charge is 0.323 e. The van der Waals surface area contributed by atoms with Crippen molar-refractivity contribution in [2.45, 2.75) is 38.5 Å². The summed E-state index contributed by atoms with van der Waals surface area (Å²) in [5.41, 5.74) is 0. The highest BCUT2D eigenvalue weighted by atomic mass is 16.4. The number of amides is 2. The molecule has 5 heteroatoms. The van der Waals surface area contributed by atoms with Crippen LogP contribution in [-0.4, -0.2) is 41.6 Å². The Kier molecular flexibility index (Phi) is 6.80. The molecule has 0 unspecified atom stereocenters. The topological polar surface area (TPSA) is 69.6 Å². The molecule has 0 aromatic carbocycles. The van der Waals surface area contributed by atoms with Crippen molar-refractivity contribution in [1.29, 1.82) is 0 Å². The van der Waals surface area contributed by atoms with Gasteiger partial charge in [0.1, 0.15) is 6.54 Å². The lowest BCUT2D eigenvalue weighted by Crippen LogP contribution is -2.43. The van der Waals surface area contributed by atoms with E-state index in [0.29, 0.717) is 6.54 Å². The number of urea groups is 1. The van der Waals surface area contributed by atoms with Crippen LogP contribution in [0.3, 0.4) is 0 Å². The van der Waals surface area contributed by atoms with Crippen molar-refractivity contribution in [3.8, 4) is 12.3 Å². The standard InChI is InChI=1S/C14H22N2O3/c1-2-10-16(11-13(17)18)14(19)15-9-5-8-12-6-3-4-7-12/h1,12H,3-11H2,(H,15,19)(H,17,18). The molecule has 0 aromatic heterocycles. The van der Waals surface area contributed by atoms with Gasteiger partial charge in [-0.2, -0.15) is 0 Å². The Hall–Kier alpha value is -1.70. The molecule has 106 valence electrons. The number of carbonyl (C=O) groups excluding carboxylic acids is 1. The van der Waals surface area contributed by atoms with Gasteiger partial charge in [0.15, 0.2) is 0 Å². The molecule has 2 amide bonds. The Labute approximate surface area is 114 Å². The average molecular weight is 266 g/mol. The number of hydrogen-bond donors (Lipinski definition) is 2. The van der Waals surface area contributed by atoms with Crippen molar-refractivity contribution >= 4 is 12.0 Å². The minimum Gasteiger partial charge on any atom is -0.480 e. The summed E-state index contributed by atoms with van der Waals surface area (Å²) in [5, 5.41) is 11.4. The van der Waals surface area contributed by atoms with Gasteiger partial charge in [-0.25, -0.2) is 4.79 Å². The average Bonchev–Trinajstić information content (AvgIpc) is 2.86. The number of nitrogens with zero attached hydrogens (tertiary/aromatic N) is 1. The van der Waals surface area contributed by atoms with Crippen molar-refractivity contribution in [3.63, 3.8) is 0 Å². The van der Waals surface area contributed by atoms with Crippen LogP contribution in [-0.2, 0) is 4.79 Å². The summed E-state index contributed by atoms with van der Waals surface area (Å²) in [6, 6.07) is -0.397. The van der Waals surface area contributed by atoms with Crippen molar-refractivity contribution in [3.05, 3.63) is 0 Å². The number of nitrogens with one attached hydrogen (secondary N) is 1. The third-order valence-electron chi connectivity index (χ3n) is 3.44. The third kappa shape index (κ3) is 6.14. The van der Waals surface area contributed by atoms with Gasteiger partial charge in [0.2, 0.25) is 0 Å². The van der Waals surface area contributed by atoms with Crippen LogP contribution >= 0.6 is 0 Å². The van der Waals surface area contributed by atoms with Gasteiger partial charge in [-0.05, 0) is 18.8 Å². The largest absolute Gasteiger partial charge is 0.480 e. The van der Waals surface area contributed by atoms with E-state index in [1.165, 1.54) is 25.7 Å². The van der Waals surface area contributed by atoms with Gasteiger partial charge in [-0.3, -0.25) is 4.79 Å². The molecule has 0 heterocycles. The lowest BCUT2D eigenvalue weighted by Gasteiger charge is -2.18. The Morgan fingerprint density at radius 2 is 2.05 bits per heavy atom. The van der Waals surface area contributed by atoms with Crippen molar-refractivity contribution < 1.29 is 14.7 Å². The number of carboxylic acids is 1. The van der Waals surface area contributed by atoms with Crippen molar-refractivity contribution in [1.82, 2.24) is 10.2 Å². The molecule has 1 saturated carbocycles. The first-order valence-electron chi connectivity index (χ1n) is 6.81. The molecule has 1 rings (SSSR count). The van der Waals surface area contributed by atoms with Crippen LogP contribution in [0.4, 0.5) is 4.79 Å². The zero-order valence-corrected chi connectivity index (χ0v) is 11.2. The highest BCUT2D eigenvalue weighted by Crippen LogP contribution is 2.28. The number of terminal acetylenes is 1. The van der Waals surface area contributed by atoms with Gasteiger partial charge in [0.05, 0.1) is 6.54 Å². The lowest BCUT2D eigenvalue weighted by atomic mass is 10.0. The molecule has 0 spiro atoms. The zero-order valence-electron chi connectivity index (χ0n) is 11.2. The fourth-order valence-electron chi connectivity index (χ4n) is 2.47. The van der Waals surface area contributed by atoms with Gasteiger partial charge in [0.25, 0.3) is 0 Å². The second kappa shape index (κ2) is 8.41. The van der Waals surface area contributed by atoms with Crippen LogP contribution < -0.4 is 5.32 Å². The van der Waals surface area contributed by atoms with Crippen LogP contribution in [0.25, 0.3) is 0 Å². The predicted molar refractivity (Wildman–Crippen MR) is 72.6 cm³/mol. The summed E-state index contributed by atoms with van der Waals surface area (Å²) in [7, 11) is 0. The van der Waals surface area contributed by atoms with Crippen LogP contribution in [0, 0.1) is 18.3 Å². The maximum absolute atomic E-state index is 11.7. The molecule has 1 fully saturated rings. The summed E-state index contributed by atoms with van der Waals surface area (Å²) in [5.74, 6) is 2.04. The van der Waals surface area contributed by atoms with Gasteiger partial charge in [-0.1, -0.05) is 31.6 Å². The maximum atomic E-state index is 11.7. The van der Waals surface area contributed by atoms with E-state index in [0.717, 1.165) is 23.7 Å². The van der Waals surface area contributed by atoms with E-state index in [1.54, 1.807) is 0 Å². The van der Waals surface area contributed by atoms with Gasteiger partial charge >= 0.3 is 12.0 Å². The van der Waals surface area contributed by atoms with E-state index in [1.807, 2.05) is 0 Å². The summed E-state index contributed by atoms with van der Waals surface area (Å²) in [4.78, 5) is 23.4. The molecular weight excluding hydrogens is 244 g/mol. The second-order valence-corrected chi connectivity index (χ2v) is 4.98. The highest BCUT2D eigenvalue weighted by Gasteiger charge is 2.16. The van der Waals surface area contributed by atoms with Gasteiger partial charge in [-0.15, -0.1) is 6.42 Å². The van der Waals surface area contributed by atoms with Crippen molar-refractivity contribution in [2.24, 2.45) is 5.92 Å². The molecule has 19 heavy (non-hydrogen) atoms. The maximum Gasteiger partial charge on any atom is 0.323 e. The molecule has 2 N–H and O–H groups in total. The fourth-order valence-corrected chi connectivity index (χ4v) is 2.47. The monoisotopic (exact) mass is 266 g/mol. The van der Waals surface area contributed by atoms with Crippen LogP contribution in [0.5, 0.6) is 0 Å². The second-order valence-electron chi connectivity index (χ2n) is 4.98. The van der Waals surface area contributed by atoms with Crippen LogP contribution in [0.15, 0.2) is 0 Å². The van der Waals surface area contributed by atoms with E-state index in [-0.39, 0.29) is 13.1 Å². The summed E-state index contributed by atoms with van der Waals surface area (Å²) < 4.78 is 0. The molecular formula is C14H22N2O3. The molecule has 0 saturated heterocycles. The first-order valence-corrected chi connectivity index (χ1v) is 6.81. The molecule has 0 aromatic rings.